The largest absolute Gasteiger partial charge is 0.486 e. The Balaban J connectivity index is 1.25. The Hall–Kier alpha value is -3.00. The highest BCUT2D eigenvalue weighted by Gasteiger charge is 2.26. The molecular formula is C22H21BrN2O5. The monoisotopic (exact) mass is 472 g/mol. The summed E-state index contributed by atoms with van der Waals surface area (Å²) in [4.78, 5) is 26.6. The Morgan fingerprint density at radius 3 is 2.67 bits per heavy atom. The number of rotatable bonds is 6. The minimum absolute atomic E-state index is 0.00961. The van der Waals surface area contributed by atoms with Gasteiger partial charge in [0.1, 0.15) is 18.1 Å². The van der Waals surface area contributed by atoms with Crippen molar-refractivity contribution in [3.8, 4) is 5.75 Å². The number of halogens is 1. The van der Waals surface area contributed by atoms with E-state index in [4.69, 9.17) is 13.6 Å². The lowest BCUT2D eigenvalue weighted by Crippen LogP contribution is -2.46. The van der Waals surface area contributed by atoms with Crippen molar-refractivity contribution in [3.05, 3.63) is 76.5 Å². The number of ether oxygens (including phenoxy) is 1. The van der Waals surface area contributed by atoms with E-state index in [2.05, 4.69) is 21.2 Å². The van der Waals surface area contributed by atoms with Crippen molar-refractivity contribution in [1.82, 2.24) is 10.2 Å². The van der Waals surface area contributed by atoms with Crippen molar-refractivity contribution in [2.75, 3.05) is 13.1 Å². The molecule has 1 N–H and O–H groups in total. The number of carbonyl (C=O) groups is 2. The fraction of sp³-hybridized carbons (Fsp3) is 0.273. The molecule has 1 aromatic carbocycles. The van der Waals surface area contributed by atoms with Crippen LogP contribution in [0.1, 0.15) is 39.7 Å². The first-order valence-corrected chi connectivity index (χ1v) is 10.5. The minimum atomic E-state index is -0.264. The average molecular weight is 473 g/mol. The fourth-order valence-electron chi connectivity index (χ4n) is 3.33. The van der Waals surface area contributed by atoms with Crippen LogP contribution in [0.5, 0.6) is 5.75 Å². The van der Waals surface area contributed by atoms with E-state index in [0.717, 1.165) is 4.47 Å². The number of amides is 2. The van der Waals surface area contributed by atoms with Gasteiger partial charge in [-0.25, -0.2) is 0 Å². The topological polar surface area (TPSA) is 84.9 Å². The molecule has 0 unspecified atom stereocenters. The Labute approximate surface area is 182 Å². The van der Waals surface area contributed by atoms with Crippen LogP contribution < -0.4 is 10.1 Å². The van der Waals surface area contributed by atoms with Crippen LogP contribution in [0.4, 0.5) is 0 Å². The lowest BCUT2D eigenvalue weighted by Gasteiger charge is -2.31. The molecule has 156 valence electrons. The zero-order valence-corrected chi connectivity index (χ0v) is 17.8. The molecule has 1 aliphatic rings. The maximum Gasteiger partial charge on any atom is 0.289 e. The quantitative estimate of drug-likeness (QED) is 0.579. The van der Waals surface area contributed by atoms with Crippen LogP contribution in [0.25, 0.3) is 0 Å². The molecule has 4 rings (SSSR count). The number of benzene rings is 1. The molecule has 0 spiro atoms. The first-order valence-electron chi connectivity index (χ1n) is 9.69. The first kappa shape index (κ1) is 20.3. The lowest BCUT2D eigenvalue weighted by atomic mass is 10.0. The van der Waals surface area contributed by atoms with Gasteiger partial charge in [-0.15, -0.1) is 0 Å². The van der Waals surface area contributed by atoms with Crippen molar-refractivity contribution in [2.45, 2.75) is 25.5 Å². The van der Waals surface area contributed by atoms with Gasteiger partial charge in [-0.1, -0.05) is 22.0 Å². The number of hydrogen-bond donors (Lipinski definition) is 1. The highest BCUT2D eigenvalue weighted by atomic mass is 79.9. The minimum Gasteiger partial charge on any atom is -0.486 e. The molecule has 2 aromatic heterocycles. The summed E-state index contributed by atoms with van der Waals surface area (Å²) in [5, 5.41) is 2.98. The van der Waals surface area contributed by atoms with Gasteiger partial charge in [0, 0.05) is 23.6 Å². The molecule has 1 fully saturated rings. The predicted octanol–water partition coefficient (Wildman–Crippen LogP) is 4.25. The van der Waals surface area contributed by atoms with Crippen LogP contribution in [0.15, 0.2) is 68.1 Å². The lowest BCUT2D eigenvalue weighted by molar-refractivity contribution is 0.0665. The summed E-state index contributed by atoms with van der Waals surface area (Å²) in [7, 11) is 0. The molecule has 30 heavy (non-hydrogen) atoms. The van der Waals surface area contributed by atoms with Crippen molar-refractivity contribution in [3.63, 3.8) is 0 Å². The SMILES string of the molecule is O=C(NC1CCN(C(=O)c2ccco2)CC1)c1ccc(COc2cccc(Br)c2)o1. The molecule has 0 atom stereocenters. The van der Waals surface area contributed by atoms with Crippen molar-refractivity contribution < 1.29 is 23.2 Å². The number of furan rings is 2. The molecule has 0 saturated carbocycles. The van der Waals surface area contributed by atoms with E-state index in [9.17, 15) is 9.59 Å². The van der Waals surface area contributed by atoms with Crippen molar-refractivity contribution in [1.29, 1.82) is 0 Å². The molecule has 3 aromatic rings. The second-order valence-electron chi connectivity index (χ2n) is 7.03. The molecule has 8 heteroatoms. The number of likely N-dealkylation sites (tertiary alicyclic amines) is 1. The van der Waals surface area contributed by atoms with Crippen LogP contribution >= 0.6 is 15.9 Å². The molecule has 7 nitrogen and oxygen atoms in total. The smallest absolute Gasteiger partial charge is 0.289 e. The Morgan fingerprint density at radius 1 is 1.10 bits per heavy atom. The Bertz CT molecular complexity index is 1010. The van der Waals surface area contributed by atoms with Crippen LogP contribution in [0, 0.1) is 0 Å². The summed E-state index contributed by atoms with van der Waals surface area (Å²) in [6.07, 6.45) is 2.84. The first-order chi connectivity index (χ1) is 14.6. The number of piperidine rings is 1. The number of nitrogens with zero attached hydrogens (tertiary/aromatic N) is 1. The zero-order chi connectivity index (χ0) is 20.9. The number of hydrogen-bond acceptors (Lipinski definition) is 5. The second-order valence-corrected chi connectivity index (χ2v) is 7.94. The van der Waals surface area contributed by atoms with E-state index in [1.165, 1.54) is 6.26 Å². The van der Waals surface area contributed by atoms with Gasteiger partial charge >= 0.3 is 0 Å². The molecule has 3 heterocycles. The van der Waals surface area contributed by atoms with Gasteiger partial charge in [-0.2, -0.15) is 0 Å². The van der Waals surface area contributed by atoms with Crippen molar-refractivity contribution >= 4 is 27.7 Å². The molecule has 1 saturated heterocycles. The zero-order valence-electron chi connectivity index (χ0n) is 16.2. The van der Waals surface area contributed by atoms with Gasteiger partial charge < -0.3 is 23.8 Å². The van der Waals surface area contributed by atoms with E-state index >= 15 is 0 Å². The van der Waals surface area contributed by atoms with E-state index < -0.39 is 0 Å². The third-order valence-electron chi connectivity index (χ3n) is 4.91. The highest BCUT2D eigenvalue weighted by Crippen LogP contribution is 2.20. The van der Waals surface area contributed by atoms with Crippen LogP contribution in [-0.2, 0) is 6.61 Å². The molecule has 0 radical (unpaired) electrons. The average Bonchev–Trinajstić information content (AvgIpc) is 3.45. The van der Waals surface area contributed by atoms with E-state index in [-0.39, 0.29) is 30.2 Å². The maximum absolute atomic E-state index is 12.5. The highest BCUT2D eigenvalue weighted by molar-refractivity contribution is 9.10. The maximum atomic E-state index is 12.5. The molecular weight excluding hydrogens is 452 g/mol. The summed E-state index contributed by atoms with van der Waals surface area (Å²) >= 11 is 3.40. The second kappa shape index (κ2) is 9.21. The standard InChI is InChI=1S/C22H21BrN2O5/c23-15-3-1-4-17(13-15)29-14-18-6-7-19(30-18)21(26)24-16-8-10-25(11-9-16)22(27)20-5-2-12-28-20/h1-7,12-13,16H,8-11,14H2,(H,24,26). The van der Waals surface area contributed by atoms with E-state index in [1.807, 2.05) is 24.3 Å². The number of carbonyl (C=O) groups excluding carboxylic acids is 2. The van der Waals surface area contributed by atoms with E-state index in [1.54, 1.807) is 29.2 Å². The van der Waals surface area contributed by atoms with E-state index in [0.29, 0.717) is 43.2 Å². The fourth-order valence-corrected chi connectivity index (χ4v) is 3.71. The molecule has 2 amide bonds. The van der Waals surface area contributed by atoms with Crippen LogP contribution in [0.2, 0.25) is 0 Å². The summed E-state index contributed by atoms with van der Waals surface area (Å²) < 4.78 is 17.4. The van der Waals surface area contributed by atoms with Gasteiger partial charge in [0.25, 0.3) is 11.8 Å². The summed E-state index contributed by atoms with van der Waals surface area (Å²) in [6, 6.07) is 14.2. The van der Waals surface area contributed by atoms with Gasteiger partial charge in [0.05, 0.1) is 6.26 Å². The van der Waals surface area contributed by atoms with Crippen LogP contribution in [-0.4, -0.2) is 35.8 Å². The third-order valence-corrected chi connectivity index (χ3v) is 5.41. The Kier molecular flexibility index (Phi) is 6.23. The molecule has 1 aliphatic heterocycles. The third kappa shape index (κ3) is 4.94. The molecule has 0 bridgehead atoms. The van der Waals surface area contributed by atoms with Gasteiger partial charge in [0.2, 0.25) is 0 Å². The van der Waals surface area contributed by atoms with Gasteiger partial charge in [-0.3, -0.25) is 9.59 Å². The summed E-state index contributed by atoms with van der Waals surface area (Å²) in [5.41, 5.74) is 0. The summed E-state index contributed by atoms with van der Waals surface area (Å²) in [6.45, 7) is 1.36. The Morgan fingerprint density at radius 2 is 1.93 bits per heavy atom. The van der Waals surface area contributed by atoms with Gasteiger partial charge in [0.15, 0.2) is 11.5 Å². The predicted molar refractivity (Wildman–Crippen MR) is 112 cm³/mol. The number of nitrogens with one attached hydrogen (secondary N) is 1. The summed E-state index contributed by atoms with van der Waals surface area (Å²) in [5.74, 6) is 1.48. The van der Waals surface area contributed by atoms with Crippen LogP contribution in [0.3, 0.4) is 0 Å². The molecule has 0 aliphatic carbocycles. The normalized spacial score (nSPS) is 14.5. The van der Waals surface area contributed by atoms with Crippen molar-refractivity contribution in [2.24, 2.45) is 0 Å². The van der Waals surface area contributed by atoms with Gasteiger partial charge in [-0.05, 0) is 55.3 Å².